The van der Waals surface area contributed by atoms with Gasteiger partial charge >= 0.3 is 0 Å². The summed E-state index contributed by atoms with van der Waals surface area (Å²) in [5.74, 6) is -0.472. The Morgan fingerprint density at radius 3 is 2.64 bits per heavy atom. The van der Waals surface area contributed by atoms with Crippen LogP contribution in [0.25, 0.3) is 11.8 Å². The van der Waals surface area contributed by atoms with Crippen molar-refractivity contribution < 1.29 is 4.79 Å². The van der Waals surface area contributed by atoms with E-state index in [4.69, 9.17) is 11.6 Å². The van der Waals surface area contributed by atoms with Gasteiger partial charge in [0.15, 0.2) is 5.13 Å². The van der Waals surface area contributed by atoms with E-state index in [9.17, 15) is 10.1 Å². The van der Waals surface area contributed by atoms with E-state index in [1.807, 2.05) is 68.0 Å². The molecular formula is C21H19ClN4OS. The van der Waals surface area contributed by atoms with E-state index in [2.05, 4.69) is 10.3 Å². The van der Waals surface area contributed by atoms with Gasteiger partial charge in [-0.1, -0.05) is 17.7 Å². The summed E-state index contributed by atoms with van der Waals surface area (Å²) in [6.07, 6.45) is 1.60. The number of carbonyl (C=O) groups is 1. The second kappa shape index (κ2) is 8.01. The highest BCUT2D eigenvalue weighted by Crippen LogP contribution is 2.26. The lowest BCUT2D eigenvalue weighted by molar-refractivity contribution is -0.112. The third kappa shape index (κ3) is 4.01. The Hall–Kier alpha value is -2.88. The van der Waals surface area contributed by atoms with Crippen molar-refractivity contribution in [1.29, 1.82) is 5.26 Å². The quantitative estimate of drug-likeness (QED) is 0.464. The Bertz CT molecular complexity index is 1130. The van der Waals surface area contributed by atoms with Crippen LogP contribution in [0, 0.1) is 39.0 Å². The summed E-state index contributed by atoms with van der Waals surface area (Å²) in [5, 5.41) is 15.2. The summed E-state index contributed by atoms with van der Waals surface area (Å²) in [6.45, 7) is 7.73. The Balaban J connectivity index is 1.95. The van der Waals surface area contributed by atoms with E-state index in [-0.39, 0.29) is 5.57 Å². The van der Waals surface area contributed by atoms with Gasteiger partial charge in [0.05, 0.1) is 5.69 Å². The highest BCUT2D eigenvalue weighted by atomic mass is 35.5. The number of carbonyl (C=O) groups excluding carboxylic acids is 1. The first-order chi connectivity index (χ1) is 13.3. The lowest BCUT2D eigenvalue weighted by Gasteiger charge is -2.11. The number of hydrogen-bond donors (Lipinski definition) is 1. The molecule has 2 aromatic heterocycles. The monoisotopic (exact) mass is 410 g/mol. The minimum absolute atomic E-state index is 0.0232. The molecule has 142 valence electrons. The number of nitrogens with zero attached hydrogens (tertiary/aromatic N) is 3. The summed E-state index contributed by atoms with van der Waals surface area (Å²) < 4.78 is 2.05. The molecule has 3 rings (SSSR count). The predicted molar refractivity (Wildman–Crippen MR) is 114 cm³/mol. The summed E-state index contributed by atoms with van der Waals surface area (Å²) >= 11 is 7.60. The van der Waals surface area contributed by atoms with Crippen LogP contribution in [0.3, 0.4) is 0 Å². The fraction of sp³-hybridized carbons (Fsp3) is 0.190. The molecule has 0 saturated carbocycles. The lowest BCUT2D eigenvalue weighted by Crippen LogP contribution is -2.13. The van der Waals surface area contributed by atoms with Crippen molar-refractivity contribution in [3.63, 3.8) is 0 Å². The van der Waals surface area contributed by atoms with Crippen LogP contribution in [0.2, 0.25) is 5.02 Å². The van der Waals surface area contributed by atoms with Crippen LogP contribution >= 0.6 is 22.9 Å². The molecule has 1 aromatic carbocycles. The normalized spacial score (nSPS) is 11.4. The zero-order chi connectivity index (χ0) is 20.4. The second-order valence-corrected chi connectivity index (χ2v) is 7.78. The minimum atomic E-state index is -0.472. The lowest BCUT2D eigenvalue weighted by atomic mass is 10.1. The number of amides is 1. The molecule has 0 aliphatic carbocycles. The zero-order valence-electron chi connectivity index (χ0n) is 16.0. The van der Waals surface area contributed by atoms with Crippen LogP contribution < -0.4 is 5.32 Å². The Labute approximate surface area is 172 Å². The van der Waals surface area contributed by atoms with Gasteiger partial charge in [-0.3, -0.25) is 10.1 Å². The van der Waals surface area contributed by atoms with Crippen molar-refractivity contribution in [3.05, 3.63) is 68.4 Å². The van der Waals surface area contributed by atoms with Crippen molar-refractivity contribution in [1.82, 2.24) is 9.55 Å². The summed E-state index contributed by atoms with van der Waals surface area (Å²) in [7, 11) is 0. The van der Waals surface area contributed by atoms with Gasteiger partial charge in [-0.2, -0.15) is 5.26 Å². The second-order valence-electron chi connectivity index (χ2n) is 6.51. The molecule has 1 amide bonds. The van der Waals surface area contributed by atoms with Crippen molar-refractivity contribution in [3.8, 4) is 11.8 Å². The van der Waals surface area contributed by atoms with Crippen molar-refractivity contribution in [2.45, 2.75) is 27.7 Å². The Morgan fingerprint density at radius 2 is 2.04 bits per heavy atom. The molecule has 1 N–H and O–H groups in total. The molecule has 0 radical (unpaired) electrons. The molecule has 3 aromatic rings. The summed E-state index contributed by atoms with van der Waals surface area (Å²) in [5.41, 5.74) is 5.50. The standard InChI is InChI=1S/C21H19ClN4OS/c1-12-5-6-18(9-19(12)22)26-14(3)7-16(15(26)4)8-17(10-23)20(27)25-21-24-13(2)11-28-21/h5-9,11H,1-4H3,(H,24,25,27)/b17-8-. The van der Waals surface area contributed by atoms with Crippen LogP contribution in [-0.2, 0) is 4.79 Å². The van der Waals surface area contributed by atoms with E-state index >= 15 is 0 Å². The molecule has 5 nitrogen and oxygen atoms in total. The first-order valence-corrected chi connectivity index (χ1v) is 9.86. The maximum absolute atomic E-state index is 12.5. The third-order valence-corrected chi connectivity index (χ3v) is 5.67. The Kier molecular flexibility index (Phi) is 5.68. The largest absolute Gasteiger partial charge is 0.318 e. The minimum Gasteiger partial charge on any atom is -0.318 e. The molecule has 0 unspecified atom stereocenters. The molecule has 0 aliphatic heterocycles. The zero-order valence-corrected chi connectivity index (χ0v) is 17.6. The van der Waals surface area contributed by atoms with Crippen molar-refractivity contribution in [2.75, 3.05) is 5.32 Å². The smallest absolute Gasteiger partial charge is 0.268 e. The highest BCUT2D eigenvalue weighted by molar-refractivity contribution is 7.13. The fourth-order valence-corrected chi connectivity index (χ4v) is 3.79. The SMILES string of the molecule is Cc1csc(NC(=O)/C(C#N)=C\c2cc(C)n(-c3ccc(C)c(Cl)c3)c2C)n1. The first-order valence-electron chi connectivity index (χ1n) is 8.61. The average molecular weight is 411 g/mol. The molecule has 0 saturated heterocycles. The Morgan fingerprint density at radius 1 is 1.29 bits per heavy atom. The molecule has 0 spiro atoms. The van der Waals surface area contributed by atoms with Crippen LogP contribution in [0.5, 0.6) is 0 Å². The fourth-order valence-electron chi connectivity index (χ4n) is 2.93. The van der Waals surface area contributed by atoms with Gasteiger partial charge in [0.2, 0.25) is 0 Å². The van der Waals surface area contributed by atoms with E-state index in [0.717, 1.165) is 33.9 Å². The van der Waals surface area contributed by atoms with Gasteiger partial charge < -0.3 is 4.57 Å². The number of hydrogen-bond acceptors (Lipinski definition) is 4. The number of nitrogens with one attached hydrogen (secondary N) is 1. The van der Waals surface area contributed by atoms with E-state index in [1.54, 1.807) is 6.08 Å². The molecule has 0 atom stereocenters. The predicted octanol–water partition coefficient (Wildman–Crippen LogP) is 5.37. The highest BCUT2D eigenvalue weighted by Gasteiger charge is 2.15. The molecule has 0 bridgehead atoms. The average Bonchev–Trinajstić information content (AvgIpc) is 3.17. The third-order valence-electron chi connectivity index (χ3n) is 4.39. The molecule has 28 heavy (non-hydrogen) atoms. The van der Waals surface area contributed by atoms with Crippen molar-refractivity contribution >= 4 is 40.1 Å². The van der Waals surface area contributed by atoms with Crippen LogP contribution in [0.15, 0.2) is 35.2 Å². The molecule has 2 heterocycles. The van der Waals surface area contributed by atoms with Gasteiger partial charge in [0.1, 0.15) is 11.6 Å². The molecule has 0 fully saturated rings. The van der Waals surface area contributed by atoms with Crippen LogP contribution in [0.1, 0.15) is 28.2 Å². The van der Waals surface area contributed by atoms with E-state index in [0.29, 0.717) is 10.2 Å². The summed E-state index contributed by atoms with van der Waals surface area (Å²) in [6, 6.07) is 9.81. The molecular weight excluding hydrogens is 392 g/mol. The topological polar surface area (TPSA) is 70.7 Å². The van der Waals surface area contributed by atoms with Gasteiger partial charge in [-0.05, 0) is 63.1 Å². The summed E-state index contributed by atoms with van der Waals surface area (Å²) in [4.78, 5) is 16.7. The first kappa shape index (κ1) is 19.9. The number of nitriles is 1. The molecule has 7 heteroatoms. The number of anilines is 1. The molecule has 0 aliphatic rings. The maximum Gasteiger partial charge on any atom is 0.268 e. The van der Waals surface area contributed by atoms with Gasteiger partial charge in [-0.25, -0.2) is 4.98 Å². The number of benzene rings is 1. The number of aromatic nitrogens is 2. The van der Waals surface area contributed by atoms with Gasteiger partial charge in [0.25, 0.3) is 5.91 Å². The van der Waals surface area contributed by atoms with Crippen LogP contribution in [0.4, 0.5) is 5.13 Å². The number of rotatable bonds is 4. The number of thiazole rings is 1. The number of halogens is 1. The number of aryl methyl sites for hydroxylation is 3. The van der Waals surface area contributed by atoms with E-state index in [1.165, 1.54) is 11.3 Å². The van der Waals surface area contributed by atoms with Crippen LogP contribution in [-0.4, -0.2) is 15.5 Å². The van der Waals surface area contributed by atoms with E-state index < -0.39 is 5.91 Å². The van der Waals surface area contributed by atoms with Gasteiger partial charge in [0, 0.05) is 27.5 Å². The maximum atomic E-state index is 12.5. The van der Waals surface area contributed by atoms with Crippen molar-refractivity contribution in [2.24, 2.45) is 0 Å². The van der Waals surface area contributed by atoms with Gasteiger partial charge in [-0.15, -0.1) is 11.3 Å².